The number of nitrogens with zero attached hydrogens (tertiary/aromatic N) is 2. The van der Waals surface area contributed by atoms with Crippen molar-refractivity contribution in [1.29, 1.82) is 0 Å². The van der Waals surface area contributed by atoms with Gasteiger partial charge in [-0.2, -0.15) is 0 Å². The average Bonchev–Trinajstić information content (AvgIpc) is 2.50. The quantitative estimate of drug-likeness (QED) is 0.771. The van der Waals surface area contributed by atoms with Gasteiger partial charge in [-0.15, -0.1) is 0 Å². The highest BCUT2D eigenvalue weighted by Crippen LogP contribution is 2.24. The molecule has 0 radical (unpaired) electrons. The molecule has 1 atom stereocenters. The lowest BCUT2D eigenvalue weighted by molar-refractivity contribution is 0.524. The highest BCUT2D eigenvalue weighted by atomic mass is 14.9. The summed E-state index contributed by atoms with van der Waals surface area (Å²) in [6.07, 6.45) is 6.60. The van der Waals surface area contributed by atoms with Gasteiger partial charge in [-0.1, -0.05) is 32.1 Å². The van der Waals surface area contributed by atoms with Crippen LogP contribution in [0.15, 0.2) is 42.7 Å². The molecule has 1 unspecified atom stereocenters. The smallest absolute Gasteiger partial charge is 0.0890 e. The fourth-order valence-corrected chi connectivity index (χ4v) is 2.26. The molecule has 0 bridgehead atoms. The Balaban J connectivity index is 2.26. The normalized spacial score (nSPS) is 12.5. The molecule has 1 aromatic carbocycles. The summed E-state index contributed by atoms with van der Waals surface area (Å²) in [6, 6.07) is 6.65. The molecule has 106 valence electrons. The van der Waals surface area contributed by atoms with Crippen molar-refractivity contribution in [3.8, 4) is 0 Å². The van der Waals surface area contributed by atoms with Gasteiger partial charge in [0.15, 0.2) is 0 Å². The zero-order valence-electron chi connectivity index (χ0n) is 12.4. The fraction of sp³-hybridized carbons (Fsp3) is 0.412. The number of benzene rings is 1. The molecule has 2 rings (SSSR count). The first-order valence-corrected chi connectivity index (χ1v) is 7.35. The Morgan fingerprint density at radius 2 is 1.95 bits per heavy atom. The average molecular weight is 269 g/mol. The van der Waals surface area contributed by atoms with Crippen molar-refractivity contribution in [3.05, 3.63) is 48.3 Å². The van der Waals surface area contributed by atoms with Crippen molar-refractivity contribution >= 4 is 11.0 Å². The van der Waals surface area contributed by atoms with Crippen molar-refractivity contribution in [2.24, 2.45) is 0 Å². The molecular weight excluding hydrogens is 246 g/mol. The Kier molecular flexibility index (Phi) is 5.24. The van der Waals surface area contributed by atoms with Gasteiger partial charge in [0.25, 0.3) is 0 Å². The lowest BCUT2D eigenvalue weighted by Gasteiger charge is -2.20. The molecule has 1 heterocycles. The van der Waals surface area contributed by atoms with Crippen molar-refractivity contribution in [3.63, 3.8) is 0 Å². The number of hydrogen-bond acceptors (Lipinski definition) is 3. The molecule has 1 aromatic heterocycles. The number of rotatable bonds is 7. The standard InChI is InChI=1S/C17H23N3/c1-4-8-18-16(11-13(3)5-2)14-6-7-15-17(12-14)20-10-9-19-15/h6-7,9-10,12,16,18H,3-5,8,11H2,1-2H3. The summed E-state index contributed by atoms with van der Waals surface area (Å²) in [5.41, 5.74) is 4.44. The van der Waals surface area contributed by atoms with E-state index in [2.05, 4.69) is 47.8 Å². The number of aromatic nitrogens is 2. The van der Waals surface area contributed by atoms with E-state index in [0.717, 1.165) is 36.8 Å². The van der Waals surface area contributed by atoms with Crippen LogP contribution >= 0.6 is 0 Å². The van der Waals surface area contributed by atoms with E-state index in [9.17, 15) is 0 Å². The van der Waals surface area contributed by atoms with Gasteiger partial charge in [-0.3, -0.25) is 9.97 Å². The maximum Gasteiger partial charge on any atom is 0.0890 e. The van der Waals surface area contributed by atoms with Crippen LogP contribution in [0, 0.1) is 0 Å². The highest BCUT2D eigenvalue weighted by Gasteiger charge is 2.12. The van der Waals surface area contributed by atoms with Gasteiger partial charge in [0.05, 0.1) is 11.0 Å². The first kappa shape index (κ1) is 14.7. The summed E-state index contributed by atoms with van der Waals surface area (Å²) in [4.78, 5) is 8.71. The van der Waals surface area contributed by atoms with Crippen LogP contribution in [0.2, 0.25) is 0 Å². The molecule has 20 heavy (non-hydrogen) atoms. The largest absolute Gasteiger partial charge is 0.310 e. The van der Waals surface area contributed by atoms with E-state index in [1.165, 1.54) is 11.1 Å². The summed E-state index contributed by atoms with van der Waals surface area (Å²) < 4.78 is 0. The van der Waals surface area contributed by atoms with Crippen LogP contribution in [0.4, 0.5) is 0 Å². The Morgan fingerprint density at radius 1 is 1.20 bits per heavy atom. The number of fused-ring (bicyclic) bond motifs is 1. The molecule has 3 nitrogen and oxygen atoms in total. The van der Waals surface area contributed by atoms with Crippen LogP contribution in [0.25, 0.3) is 11.0 Å². The Hall–Kier alpha value is -1.74. The summed E-state index contributed by atoms with van der Waals surface area (Å²) in [5.74, 6) is 0. The zero-order valence-corrected chi connectivity index (χ0v) is 12.4. The van der Waals surface area contributed by atoms with Crippen molar-refractivity contribution in [2.75, 3.05) is 6.54 Å². The molecular formula is C17H23N3. The van der Waals surface area contributed by atoms with Gasteiger partial charge < -0.3 is 5.32 Å². The minimum atomic E-state index is 0.314. The topological polar surface area (TPSA) is 37.8 Å². The van der Waals surface area contributed by atoms with Crippen LogP contribution in [-0.2, 0) is 0 Å². The van der Waals surface area contributed by atoms with Gasteiger partial charge in [0, 0.05) is 18.4 Å². The maximum absolute atomic E-state index is 4.39. The minimum absolute atomic E-state index is 0.314. The zero-order chi connectivity index (χ0) is 14.4. The third kappa shape index (κ3) is 3.64. The predicted molar refractivity (Wildman–Crippen MR) is 84.6 cm³/mol. The monoisotopic (exact) mass is 269 g/mol. The first-order valence-electron chi connectivity index (χ1n) is 7.35. The molecule has 0 aliphatic rings. The second kappa shape index (κ2) is 7.15. The first-order chi connectivity index (χ1) is 9.74. The van der Waals surface area contributed by atoms with E-state index >= 15 is 0 Å². The van der Waals surface area contributed by atoms with Crippen LogP contribution < -0.4 is 5.32 Å². The number of nitrogens with one attached hydrogen (secondary N) is 1. The van der Waals surface area contributed by atoms with E-state index < -0.39 is 0 Å². The molecule has 0 saturated heterocycles. The molecule has 0 fully saturated rings. The molecule has 0 saturated carbocycles. The summed E-state index contributed by atoms with van der Waals surface area (Å²) in [5, 5.41) is 3.61. The molecule has 0 aliphatic carbocycles. The molecule has 0 aliphatic heterocycles. The van der Waals surface area contributed by atoms with Crippen LogP contribution in [-0.4, -0.2) is 16.5 Å². The van der Waals surface area contributed by atoms with E-state index in [1.807, 2.05) is 6.07 Å². The van der Waals surface area contributed by atoms with Crippen molar-refractivity contribution in [1.82, 2.24) is 15.3 Å². The van der Waals surface area contributed by atoms with E-state index in [4.69, 9.17) is 0 Å². The van der Waals surface area contributed by atoms with Gasteiger partial charge in [0.2, 0.25) is 0 Å². The second-order valence-corrected chi connectivity index (χ2v) is 5.12. The van der Waals surface area contributed by atoms with Gasteiger partial charge in [-0.25, -0.2) is 0 Å². The third-order valence-electron chi connectivity index (χ3n) is 3.53. The number of hydrogen-bond donors (Lipinski definition) is 1. The van der Waals surface area contributed by atoms with E-state index in [-0.39, 0.29) is 0 Å². The summed E-state index contributed by atoms with van der Waals surface area (Å²) in [7, 11) is 0. The Bertz CT molecular complexity index is 577. The molecule has 2 aromatic rings. The lowest BCUT2D eigenvalue weighted by Crippen LogP contribution is -2.22. The maximum atomic E-state index is 4.39. The molecule has 3 heteroatoms. The molecule has 1 N–H and O–H groups in total. The predicted octanol–water partition coefficient (Wildman–Crippen LogP) is 4.03. The van der Waals surface area contributed by atoms with Crippen molar-refractivity contribution < 1.29 is 0 Å². The Morgan fingerprint density at radius 3 is 2.65 bits per heavy atom. The Labute approximate surface area is 121 Å². The minimum Gasteiger partial charge on any atom is -0.310 e. The second-order valence-electron chi connectivity index (χ2n) is 5.12. The van der Waals surface area contributed by atoms with Crippen molar-refractivity contribution in [2.45, 2.75) is 39.2 Å². The summed E-state index contributed by atoms with van der Waals surface area (Å²) in [6.45, 7) is 9.50. The van der Waals surface area contributed by atoms with Gasteiger partial charge >= 0.3 is 0 Å². The SMILES string of the molecule is C=C(CC)CC(NCCC)c1ccc2nccnc2c1. The van der Waals surface area contributed by atoms with E-state index in [0.29, 0.717) is 6.04 Å². The fourth-order valence-electron chi connectivity index (χ4n) is 2.26. The molecule has 0 amide bonds. The van der Waals surface area contributed by atoms with E-state index in [1.54, 1.807) is 12.4 Å². The third-order valence-corrected chi connectivity index (χ3v) is 3.53. The van der Waals surface area contributed by atoms with Gasteiger partial charge in [-0.05, 0) is 43.5 Å². The lowest BCUT2D eigenvalue weighted by atomic mass is 9.98. The van der Waals surface area contributed by atoms with Gasteiger partial charge in [0.1, 0.15) is 0 Å². The highest BCUT2D eigenvalue weighted by molar-refractivity contribution is 5.74. The van der Waals surface area contributed by atoms with Crippen LogP contribution in [0.1, 0.15) is 44.7 Å². The molecule has 0 spiro atoms. The summed E-state index contributed by atoms with van der Waals surface area (Å²) >= 11 is 0. The van der Waals surface area contributed by atoms with Crippen LogP contribution in [0.5, 0.6) is 0 Å². The van der Waals surface area contributed by atoms with Crippen LogP contribution in [0.3, 0.4) is 0 Å².